The Bertz CT molecular complexity index is 472. The van der Waals surface area contributed by atoms with Crippen LogP contribution in [0.1, 0.15) is 33.3 Å². The summed E-state index contributed by atoms with van der Waals surface area (Å²) in [5, 5.41) is 0. The first-order chi connectivity index (χ1) is 8.14. The third kappa shape index (κ3) is 2.02. The minimum Gasteiger partial charge on any atom is -0.399 e. The highest BCUT2D eigenvalue weighted by atomic mass is 19.1. The van der Waals surface area contributed by atoms with E-state index in [1.165, 1.54) is 6.07 Å². The summed E-state index contributed by atoms with van der Waals surface area (Å²) >= 11 is 0. The maximum atomic E-state index is 14.0. The lowest BCUT2D eigenvalue weighted by molar-refractivity contribution is 0.00578. The first-order valence-electron chi connectivity index (χ1n) is 6.05. The first-order valence-corrected chi connectivity index (χ1v) is 6.05. The number of aryl methyl sites for hydroxylation is 1. The van der Waals surface area contributed by atoms with Crippen LogP contribution in [0.4, 0.5) is 10.1 Å². The van der Waals surface area contributed by atoms with E-state index in [0.29, 0.717) is 16.7 Å². The van der Waals surface area contributed by atoms with Crippen molar-refractivity contribution in [2.45, 2.75) is 45.8 Å². The number of hydrogen-bond acceptors (Lipinski definition) is 3. The van der Waals surface area contributed by atoms with Gasteiger partial charge >= 0.3 is 7.12 Å². The Hall–Kier alpha value is -1.07. The molecule has 0 spiro atoms. The van der Waals surface area contributed by atoms with Gasteiger partial charge in [-0.15, -0.1) is 0 Å². The highest BCUT2D eigenvalue weighted by molar-refractivity contribution is 6.62. The molecule has 1 aromatic carbocycles. The maximum Gasteiger partial charge on any atom is 0.497 e. The van der Waals surface area contributed by atoms with Gasteiger partial charge in [-0.2, -0.15) is 0 Å². The van der Waals surface area contributed by atoms with Crippen molar-refractivity contribution in [1.82, 2.24) is 0 Å². The molecule has 1 aliphatic rings. The summed E-state index contributed by atoms with van der Waals surface area (Å²) in [6.07, 6.45) is 0. The molecule has 0 atom stereocenters. The maximum absolute atomic E-state index is 14.0. The Labute approximate surface area is 108 Å². The molecule has 1 saturated heterocycles. The molecular weight excluding hydrogens is 232 g/mol. The van der Waals surface area contributed by atoms with E-state index < -0.39 is 18.3 Å². The van der Waals surface area contributed by atoms with E-state index in [0.717, 1.165) is 0 Å². The van der Waals surface area contributed by atoms with Gasteiger partial charge in [0.2, 0.25) is 0 Å². The molecule has 1 aromatic rings. The van der Waals surface area contributed by atoms with Crippen molar-refractivity contribution in [2.75, 3.05) is 5.73 Å². The normalized spacial score (nSPS) is 21.3. The summed E-state index contributed by atoms with van der Waals surface area (Å²) in [6.45, 7) is 9.50. The Balaban J connectivity index is 2.38. The van der Waals surface area contributed by atoms with Gasteiger partial charge in [-0.05, 0) is 52.3 Å². The second-order valence-electron chi connectivity index (χ2n) is 5.82. The molecule has 0 saturated carbocycles. The molecule has 0 amide bonds. The van der Waals surface area contributed by atoms with Crippen LogP contribution in [0.2, 0.25) is 0 Å². The Morgan fingerprint density at radius 1 is 1.11 bits per heavy atom. The van der Waals surface area contributed by atoms with Crippen LogP contribution in [0.15, 0.2) is 12.1 Å². The number of anilines is 1. The molecule has 0 unspecified atom stereocenters. The van der Waals surface area contributed by atoms with Crippen LogP contribution in [0.25, 0.3) is 0 Å². The molecule has 2 N–H and O–H groups in total. The predicted octanol–water partition coefficient (Wildman–Crippen LogP) is 2.02. The fourth-order valence-corrected chi connectivity index (χ4v) is 1.86. The lowest BCUT2D eigenvalue weighted by Crippen LogP contribution is -2.41. The molecule has 0 aromatic heterocycles. The summed E-state index contributed by atoms with van der Waals surface area (Å²) in [7, 11) is -0.710. The van der Waals surface area contributed by atoms with Crippen molar-refractivity contribution < 1.29 is 13.7 Å². The largest absolute Gasteiger partial charge is 0.497 e. The average molecular weight is 251 g/mol. The summed E-state index contributed by atoms with van der Waals surface area (Å²) in [5.74, 6) is -0.347. The monoisotopic (exact) mass is 251 g/mol. The fraction of sp³-hybridized carbons (Fsp3) is 0.538. The zero-order valence-electron chi connectivity index (χ0n) is 11.5. The standard InChI is InChI=1S/C13H19BFNO2/c1-8-6-10(15)9(7-11(8)16)14-17-12(2,3)13(4,5)18-14/h6-7H,16H2,1-5H3. The van der Waals surface area contributed by atoms with Crippen molar-refractivity contribution >= 4 is 18.3 Å². The van der Waals surface area contributed by atoms with Crippen LogP contribution in [0.3, 0.4) is 0 Å². The Morgan fingerprint density at radius 2 is 1.61 bits per heavy atom. The molecular formula is C13H19BFNO2. The van der Waals surface area contributed by atoms with Crippen LogP contribution in [0, 0.1) is 12.7 Å². The van der Waals surface area contributed by atoms with Crippen molar-refractivity contribution in [2.24, 2.45) is 0 Å². The number of hydrogen-bond donors (Lipinski definition) is 1. The van der Waals surface area contributed by atoms with Gasteiger partial charge in [-0.25, -0.2) is 4.39 Å². The zero-order chi connectivity index (χ0) is 13.7. The van der Waals surface area contributed by atoms with Gasteiger partial charge in [0.25, 0.3) is 0 Å². The van der Waals surface area contributed by atoms with Crippen LogP contribution in [0.5, 0.6) is 0 Å². The molecule has 98 valence electrons. The Kier molecular flexibility index (Phi) is 2.95. The van der Waals surface area contributed by atoms with Gasteiger partial charge in [-0.1, -0.05) is 0 Å². The predicted molar refractivity (Wildman–Crippen MR) is 71.3 cm³/mol. The third-order valence-electron chi connectivity index (χ3n) is 3.89. The van der Waals surface area contributed by atoms with Gasteiger partial charge < -0.3 is 15.0 Å². The molecule has 1 heterocycles. The van der Waals surface area contributed by atoms with E-state index >= 15 is 0 Å². The Morgan fingerprint density at radius 3 is 2.11 bits per heavy atom. The minimum absolute atomic E-state index is 0.347. The van der Waals surface area contributed by atoms with Crippen molar-refractivity contribution in [3.05, 3.63) is 23.5 Å². The fourth-order valence-electron chi connectivity index (χ4n) is 1.86. The van der Waals surface area contributed by atoms with Crippen LogP contribution in [-0.2, 0) is 9.31 Å². The zero-order valence-corrected chi connectivity index (χ0v) is 11.5. The molecule has 18 heavy (non-hydrogen) atoms. The van der Waals surface area contributed by atoms with Gasteiger partial charge in [0.15, 0.2) is 0 Å². The number of nitrogen functional groups attached to an aromatic ring is 1. The molecule has 3 nitrogen and oxygen atoms in total. The highest BCUT2D eigenvalue weighted by Gasteiger charge is 2.52. The van der Waals surface area contributed by atoms with E-state index in [9.17, 15) is 4.39 Å². The lowest BCUT2D eigenvalue weighted by atomic mass is 9.78. The van der Waals surface area contributed by atoms with Crippen molar-refractivity contribution in [3.63, 3.8) is 0 Å². The summed E-state index contributed by atoms with van der Waals surface area (Å²) < 4.78 is 25.6. The van der Waals surface area contributed by atoms with Gasteiger partial charge in [0.1, 0.15) is 5.82 Å². The second-order valence-corrected chi connectivity index (χ2v) is 5.82. The van der Waals surface area contributed by atoms with E-state index in [4.69, 9.17) is 15.0 Å². The molecule has 2 rings (SSSR count). The molecule has 5 heteroatoms. The SMILES string of the molecule is Cc1cc(F)c(B2OC(C)(C)C(C)(C)O2)cc1N. The number of rotatable bonds is 1. The lowest BCUT2D eigenvalue weighted by Gasteiger charge is -2.32. The summed E-state index contributed by atoms with van der Waals surface area (Å²) in [5.41, 5.74) is 6.47. The van der Waals surface area contributed by atoms with Crippen molar-refractivity contribution in [1.29, 1.82) is 0 Å². The minimum atomic E-state index is -0.710. The van der Waals surface area contributed by atoms with E-state index in [1.807, 2.05) is 27.7 Å². The van der Waals surface area contributed by atoms with Crippen LogP contribution in [-0.4, -0.2) is 18.3 Å². The van der Waals surface area contributed by atoms with E-state index in [2.05, 4.69) is 0 Å². The molecule has 1 fully saturated rings. The van der Waals surface area contributed by atoms with E-state index in [1.54, 1.807) is 13.0 Å². The van der Waals surface area contributed by atoms with Gasteiger partial charge in [0, 0.05) is 11.2 Å². The molecule has 0 aliphatic carbocycles. The first kappa shape index (κ1) is 13.4. The molecule has 0 bridgehead atoms. The number of halogens is 1. The van der Waals surface area contributed by atoms with E-state index in [-0.39, 0.29) is 5.82 Å². The smallest absolute Gasteiger partial charge is 0.399 e. The van der Waals surface area contributed by atoms with Crippen LogP contribution < -0.4 is 11.2 Å². The van der Waals surface area contributed by atoms with Gasteiger partial charge in [-0.3, -0.25) is 0 Å². The third-order valence-corrected chi connectivity index (χ3v) is 3.89. The highest BCUT2D eigenvalue weighted by Crippen LogP contribution is 2.36. The summed E-state index contributed by atoms with van der Waals surface area (Å²) in [4.78, 5) is 0. The summed E-state index contributed by atoms with van der Waals surface area (Å²) in [6, 6.07) is 3.00. The average Bonchev–Trinajstić information content (AvgIpc) is 2.42. The molecule has 1 aliphatic heterocycles. The number of nitrogens with two attached hydrogens (primary N) is 1. The quantitative estimate of drug-likeness (QED) is 0.613. The second kappa shape index (κ2) is 3.97. The number of benzene rings is 1. The van der Waals surface area contributed by atoms with Crippen molar-refractivity contribution in [3.8, 4) is 0 Å². The van der Waals surface area contributed by atoms with Crippen LogP contribution >= 0.6 is 0 Å². The molecule has 0 radical (unpaired) electrons. The van der Waals surface area contributed by atoms with Gasteiger partial charge in [0.05, 0.1) is 11.2 Å². The topological polar surface area (TPSA) is 44.5 Å².